The van der Waals surface area contributed by atoms with Gasteiger partial charge < -0.3 is 15.3 Å². The van der Waals surface area contributed by atoms with Crippen LogP contribution in [0, 0.1) is 17.8 Å². The molecule has 29 heavy (non-hydrogen) atoms. The Hall–Kier alpha value is -3.22. The van der Waals surface area contributed by atoms with E-state index >= 15 is 0 Å². The van der Waals surface area contributed by atoms with Crippen molar-refractivity contribution >= 4 is 28.9 Å². The summed E-state index contributed by atoms with van der Waals surface area (Å²) in [5.41, 5.74) is 0.605. The molecule has 7 heteroatoms. The van der Waals surface area contributed by atoms with Crippen molar-refractivity contribution in [3.63, 3.8) is 0 Å². The van der Waals surface area contributed by atoms with Crippen LogP contribution in [0.1, 0.15) is 48.2 Å². The third-order valence-corrected chi connectivity index (χ3v) is 6.26. The second-order valence-electron chi connectivity index (χ2n) is 7.99. The van der Waals surface area contributed by atoms with Crippen LogP contribution in [0.5, 0.6) is 5.75 Å². The van der Waals surface area contributed by atoms with Gasteiger partial charge in [-0.1, -0.05) is 0 Å². The summed E-state index contributed by atoms with van der Waals surface area (Å²) in [6.45, 7) is 2.55. The third-order valence-electron chi connectivity index (χ3n) is 6.26. The number of fused-ring (bicyclic) bond motifs is 3. The van der Waals surface area contributed by atoms with Gasteiger partial charge in [-0.2, -0.15) is 0 Å². The van der Waals surface area contributed by atoms with Crippen LogP contribution in [0.3, 0.4) is 0 Å². The van der Waals surface area contributed by atoms with Crippen molar-refractivity contribution in [2.75, 3.05) is 0 Å². The summed E-state index contributed by atoms with van der Waals surface area (Å²) < 4.78 is 0. The first-order valence-electron chi connectivity index (χ1n) is 9.44. The van der Waals surface area contributed by atoms with Crippen LogP contribution in [0.25, 0.3) is 5.76 Å². The molecule has 7 nitrogen and oxygen atoms in total. The molecule has 0 amide bonds. The SMILES string of the molecule is CC(=O)C1=C(O)C2C(=O)C3=C(O)c4c(O)ccc(C(C)=O)c4CC3CC2CC1=O. The first-order chi connectivity index (χ1) is 13.6. The van der Waals surface area contributed by atoms with E-state index in [9.17, 15) is 34.5 Å². The van der Waals surface area contributed by atoms with Crippen molar-refractivity contribution in [2.45, 2.75) is 33.1 Å². The lowest BCUT2D eigenvalue weighted by molar-refractivity contribution is -0.127. The van der Waals surface area contributed by atoms with Crippen molar-refractivity contribution in [2.24, 2.45) is 17.8 Å². The Balaban J connectivity index is 1.90. The number of Topliss-reactive ketones (excluding diaryl/α,β-unsaturated/α-hetero) is 4. The summed E-state index contributed by atoms with van der Waals surface area (Å²) in [7, 11) is 0. The zero-order valence-corrected chi connectivity index (χ0v) is 16.0. The second-order valence-corrected chi connectivity index (χ2v) is 7.99. The number of ketones is 4. The fraction of sp³-hybridized carbons (Fsp3) is 0.364. The maximum Gasteiger partial charge on any atom is 0.173 e. The predicted octanol–water partition coefficient (Wildman–Crippen LogP) is 2.62. The largest absolute Gasteiger partial charge is 0.511 e. The molecular formula is C22H20O7. The Morgan fingerprint density at radius 1 is 1.00 bits per heavy atom. The van der Waals surface area contributed by atoms with Crippen molar-refractivity contribution in [3.8, 4) is 5.75 Å². The molecule has 3 unspecified atom stereocenters. The van der Waals surface area contributed by atoms with Gasteiger partial charge in [-0.15, -0.1) is 0 Å². The fourth-order valence-corrected chi connectivity index (χ4v) is 5.08. The van der Waals surface area contributed by atoms with E-state index in [2.05, 4.69) is 0 Å². The first-order valence-corrected chi connectivity index (χ1v) is 9.44. The number of aliphatic hydroxyl groups is 2. The lowest BCUT2D eigenvalue weighted by Gasteiger charge is -2.41. The summed E-state index contributed by atoms with van der Waals surface area (Å²) in [4.78, 5) is 49.4. The molecule has 3 N–H and O–H groups in total. The Morgan fingerprint density at radius 3 is 2.31 bits per heavy atom. The van der Waals surface area contributed by atoms with E-state index in [0.29, 0.717) is 17.5 Å². The number of carbonyl (C=O) groups excluding carboxylic acids is 4. The lowest BCUT2D eigenvalue weighted by atomic mass is 9.61. The maximum absolute atomic E-state index is 13.2. The van der Waals surface area contributed by atoms with Gasteiger partial charge >= 0.3 is 0 Å². The minimum atomic E-state index is -1.07. The highest BCUT2D eigenvalue weighted by Gasteiger charge is 2.50. The van der Waals surface area contributed by atoms with Gasteiger partial charge in [-0.05, 0) is 56.2 Å². The number of hydrogen-bond acceptors (Lipinski definition) is 7. The Kier molecular flexibility index (Phi) is 4.22. The average Bonchev–Trinajstić information content (AvgIpc) is 2.60. The summed E-state index contributed by atoms with van der Waals surface area (Å²) in [6, 6.07) is 2.79. The van der Waals surface area contributed by atoms with Crippen LogP contribution in [-0.4, -0.2) is 38.5 Å². The number of hydrogen-bond donors (Lipinski definition) is 3. The molecule has 1 aromatic rings. The summed E-state index contributed by atoms with van der Waals surface area (Å²) >= 11 is 0. The summed E-state index contributed by atoms with van der Waals surface area (Å²) in [6.07, 6.45) is 0.556. The molecule has 150 valence electrons. The Morgan fingerprint density at radius 2 is 1.69 bits per heavy atom. The molecule has 0 heterocycles. The number of aliphatic hydroxyl groups excluding tert-OH is 2. The summed E-state index contributed by atoms with van der Waals surface area (Å²) in [5, 5.41) is 31.7. The molecule has 4 rings (SSSR count). The van der Waals surface area contributed by atoms with Gasteiger partial charge in [0.15, 0.2) is 23.1 Å². The second kappa shape index (κ2) is 6.40. The number of aromatic hydroxyl groups is 1. The van der Waals surface area contributed by atoms with Crippen molar-refractivity contribution in [3.05, 3.63) is 45.7 Å². The zero-order valence-electron chi connectivity index (χ0n) is 16.0. The first kappa shape index (κ1) is 19.1. The normalized spacial score (nSPS) is 26.1. The number of rotatable bonds is 2. The molecule has 3 atom stereocenters. The molecule has 3 aliphatic rings. The number of benzene rings is 1. The number of phenols is 1. The topological polar surface area (TPSA) is 129 Å². The minimum Gasteiger partial charge on any atom is -0.511 e. The summed E-state index contributed by atoms with van der Waals surface area (Å²) in [5.74, 6) is -5.05. The predicted molar refractivity (Wildman–Crippen MR) is 101 cm³/mol. The van der Waals surface area contributed by atoms with E-state index in [0.717, 1.165) is 6.92 Å². The molecule has 1 aromatic carbocycles. The standard InChI is InChI=1S/C22H20O7/c1-8(23)12-3-4-14(25)19-13(12)6-10-5-11-7-15(26)16(9(2)24)20(27)18(11)21(28)17(10)22(19)29/h3-4,10-11,18,25,27,29H,5-7H2,1-2H3. The lowest BCUT2D eigenvalue weighted by Crippen LogP contribution is -2.43. The molecule has 0 bridgehead atoms. The van der Waals surface area contributed by atoms with E-state index in [4.69, 9.17) is 0 Å². The smallest absolute Gasteiger partial charge is 0.173 e. The van der Waals surface area contributed by atoms with Crippen molar-refractivity contribution in [1.82, 2.24) is 0 Å². The average molecular weight is 396 g/mol. The van der Waals surface area contributed by atoms with Gasteiger partial charge in [0.2, 0.25) is 0 Å². The number of allylic oxidation sites excluding steroid dienone is 3. The Bertz CT molecular complexity index is 1070. The van der Waals surface area contributed by atoms with Gasteiger partial charge in [0.25, 0.3) is 0 Å². The van der Waals surface area contributed by atoms with E-state index in [-0.39, 0.29) is 41.1 Å². The molecule has 0 spiro atoms. The maximum atomic E-state index is 13.2. The molecular weight excluding hydrogens is 376 g/mol. The van der Waals surface area contributed by atoms with Crippen molar-refractivity contribution < 1.29 is 34.5 Å². The highest BCUT2D eigenvalue weighted by atomic mass is 16.3. The molecule has 1 saturated carbocycles. The van der Waals surface area contributed by atoms with Gasteiger partial charge in [-0.3, -0.25) is 19.2 Å². The minimum absolute atomic E-state index is 0.0353. The van der Waals surface area contributed by atoms with Gasteiger partial charge in [0.1, 0.15) is 17.3 Å². The van der Waals surface area contributed by atoms with Gasteiger partial charge in [-0.25, -0.2) is 0 Å². The van der Waals surface area contributed by atoms with Crippen LogP contribution < -0.4 is 0 Å². The molecule has 0 saturated heterocycles. The highest BCUT2D eigenvalue weighted by Crippen LogP contribution is 2.50. The van der Waals surface area contributed by atoms with Crippen molar-refractivity contribution in [1.29, 1.82) is 0 Å². The van der Waals surface area contributed by atoms with E-state index in [1.807, 2.05) is 0 Å². The molecule has 0 radical (unpaired) electrons. The van der Waals surface area contributed by atoms with E-state index in [1.165, 1.54) is 19.1 Å². The Labute approximate surface area is 166 Å². The quantitative estimate of drug-likeness (QED) is 0.518. The number of carbonyl (C=O) groups is 4. The van der Waals surface area contributed by atoms with Crippen LogP contribution in [0.15, 0.2) is 29.0 Å². The van der Waals surface area contributed by atoms with Crippen LogP contribution in [0.4, 0.5) is 0 Å². The zero-order chi connectivity index (χ0) is 21.2. The number of phenolic OH excluding ortho intramolecular Hbond substituents is 1. The molecule has 0 aromatic heterocycles. The van der Waals surface area contributed by atoms with Gasteiger partial charge in [0.05, 0.1) is 17.1 Å². The molecule has 0 aliphatic heterocycles. The third kappa shape index (κ3) is 2.64. The molecule has 1 fully saturated rings. The van der Waals surface area contributed by atoms with E-state index < -0.39 is 46.6 Å². The van der Waals surface area contributed by atoms with Crippen LogP contribution in [0.2, 0.25) is 0 Å². The van der Waals surface area contributed by atoms with Crippen LogP contribution in [-0.2, 0) is 20.8 Å². The molecule has 3 aliphatic carbocycles. The fourth-order valence-electron chi connectivity index (χ4n) is 5.08. The van der Waals surface area contributed by atoms with E-state index in [1.54, 1.807) is 0 Å². The van der Waals surface area contributed by atoms with Gasteiger partial charge in [0, 0.05) is 17.6 Å². The monoisotopic (exact) mass is 396 g/mol. The highest BCUT2D eigenvalue weighted by molar-refractivity contribution is 6.22. The van der Waals surface area contributed by atoms with Crippen LogP contribution >= 0.6 is 0 Å².